The number of benzene rings is 1. The Morgan fingerprint density at radius 2 is 1.83 bits per heavy atom. The molecule has 0 saturated heterocycles. The van der Waals surface area contributed by atoms with Crippen LogP contribution in [0.15, 0.2) is 35.3 Å². The molecule has 2 N–H and O–H groups in total. The summed E-state index contributed by atoms with van der Waals surface area (Å²) in [6.07, 6.45) is 1.52. The molecule has 0 aliphatic heterocycles. The number of H-pyrrole nitrogens is 2. The highest BCUT2D eigenvalue weighted by Crippen LogP contribution is 2.31. The number of hydrogen-bond donors (Lipinski definition) is 2. The van der Waals surface area contributed by atoms with Crippen LogP contribution in [0.25, 0.3) is 33.1 Å². The maximum Gasteiger partial charge on any atom is 0.258 e. The number of rotatable bonds is 1. The lowest BCUT2D eigenvalue weighted by Crippen LogP contribution is -2.07. The van der Waals surface area contributed by atoms with E-state index in [0.717, 1.165) is 23.9 Å². The summed E-state index contributed by atoms with van der Waals surface area (Å²) in [7, 11) is 0. The van der Waals surface area contributed by atoms with Crippen LogP contribution in [-0.2, 0) is 0 Å². The van der Waals surface area contributed by atoms with Gasteiger partial charge in [0.15, 0.2) is 5.65 Å². The normalized spacial score (nSPS) is 11.4. The van der Waals surface area contributed by atoms with Crippen LogP contribution in [0.5, 0.6) is 0 Å². The summed E-state index contributed by atoms with van der Waals surface area (Å²) in [4.78, 5) is 19.2. The predicted octanol–water partition coefficient (Wildman–Crippen LogP) is 3.05. The Bertz CT molecular complexity index is 1110. The van der Waals surface area contributed by atoms with Gasteiger partial charge in [-0.2, -0.15) is 5.10 Å². The van der Waals surface area contributed by atoms with Crippen molar-refractivity contribution in [1.82, 2.24) is 20.2 Å². The van der Waals surface area contributed by atoms with Crippen molar-refractivity contribution in [2.24, 2.45) is 0 Å². The molecule has 0 atom stereocenters. The van der Waals surface area contributed by atoms with Crippen molar-refractivity contribution in [3.63, 3.8) is 0 Å². The van der Waals surface area contributed by atoms with Crippen molar-refractivity contribution in [2.75, 3.05) is 0 Å². The minimum atomic E-state index is -0.736. The Morgan fingerprint density at radius 1 is 1.09 bits per heavy atom. The number of aromatic nitrogens is 4. The number of hydrogen-bond acceptors (Lipinski definition) is 3. The molecule has 0 aliphatic rings. The van der Waals surface area contributed by atoms with E-state index < -0.39 is 11.6 Å². The van der Waals surface area contributed by atoms with Gasteiger partial charge in [0.25, 0.3) is 5.56 Å². The molecule has 3 aromatic heterocycles. The van der Waals surface area contributed by atoms with Gasteiger partial charge in [0.1, 0.15) is 11.6 Å². The Labute approximate surface area is 128 Å². The van der Waals surface area contributed by atoms with E-state index in [1.54, 1.807) is 6.07 Å². The van der Waals surface area contributed by atoms with Crippen molar-refractivity contribution in [3.05, 3.63) is 58.1 Å². The molecule has 0 bridgehead atoms. The third-order valence-electron chi connectivity index (χ3n) is 3.75. The second-order valence-corrected chi connectivity index (χ2v) is 5.26. The van der Waals surface area contributed by atoms with Gasteiger partial charge in [-0.25, -0.2) is 13.8 Å². The van der Waals surface area contributed by atoms with E-state index in [4.69, 9.17) is 0 Å². The van der Waals surface area contributed by atoms with Gasteiger partial charge in [0, 0.05) is 34.3 Å². The highest BCUT2D eigenvalue weighted by molar-refractivity contribution is 6.10. The Morgan fingerprint density at radius 3 is 2.57 bits per heavy atom. The first-order chi connectivity index (χ1) is 11.0. The molecule has 23 heavy (non-hydrogen) atoms. The van der Waals surface area contributed by atoms with Crippen LogP contribution in [0.1, 0.15) is 5.69 Å². The van der Waals surface area contributed by atoms with E-state index in [0.29, 0.717) is 16.4 Å². The van der Waals surface area contributed by atoms with E-state index in [-0.39, 0.29) is 22.2 Å². The van der Waals surface area contributed by atoms with Gasteiger partial charge < -0.3 is 4.98 Å². The van der Waals surface area contributed by atoms with Crippen LogP contribution >= 0.6 is 0 Å². The number of nitrogens with zero attached hydrogens (tertiary/aromatic N) is 2. The van der Waals surface area contributed by atoms with Crippen molar-refractivity contribution in [2.45, 2.75) is 6.92 Å². The van der Waals surface area contributed by atoms with Crippen molar-refractivity contribution in [3.8, 4) is 11.3 Å². The number of aromatic amines is 2. The van der Waals surface area contributed by atoms with Crippen LogP contribution < -0.4 is 5.56 Å². The van der Waals surface area contributed by atoms with Crippen LogP contribution in [-0.4, -0.2) is 20.2 Å². The summed E-state index contributed by atoms with van der Waals surface area (Å²) in [6.45, 7) is 1.82. The molecule has 0 fully saturated rings. The maximum atomic E-state index is 13.6. The van der Waals surface area contributed by atoms with Crippen LogP contribution in [0.4, 0.5) is 8.78 Å². The molecule has 0 spiro atoms. The summed E-state index contributed by atoms with van der Waals surface area (Å²) < 4.78 is 27.1. The van der Waals surface area contributed by atoms with Crippen LogP contribution in [0.2, 0.25) is 0 Å². The average molecular weight is 312 g/mol. The number of pyridine rings is 2. The molecule has 5 nitrogen and oxygen atoms in total. The van der Waals surface area contributed by atoms with Gasteiger partial charge in [-0.05, 0) is 25.1 Å². The zero-order valence-electron chi connectivity index (χ0n) is 11.9. The van der Waals surface area contributed by atoms with Gasteiger partial charge in [0.05, 0.1) is 11.1 Å². The second kappa shape index (κ2) is 4.70. The molecule has 0 amide bonds. The minimum Gasteiger partial charge on any atom is -0.328 e. The third-order valence-corrected chi connectivity index (χ3v) is 3.75. The van der Waals surface area contributed by atoms with Crippen LogP contribution in [0, 0.1) is 18.6 Å². The Kier molecular flexibility index (Phi) is 2.77. The molecular weight excluding hydrogens is 302 g/mol. The summed E-state index contributed by atoms with van der Waals surface area (Å²) in [5.41, 5.74) is 1.16. The molecule has 0 saturated carbocycles. The van der Waals surface area contributed by atoms with Crippen LogP contribution in [0.3, 0.4) is 0 Å². The lowest BCUT2D eigenvalue weighted by atomic mass is 10.0. The molecule has 1 aromatic carbocycles. The number of fused-ring (bicyclic) bond motifs is 3. The molecule has 3 heterocycles. The molecule has 0 aliphatic carbocycles. The first-order valence-electron chi connectivity index (χ1n) is 6.87. The molecule has 7 heteroatoms. The molecule has 4 rings (SSSR count). The molecule has 0 radical (unpaired) electrons. The first-order valence-corrected chi connectivity index (χ1v) is 6.87. The van der Waals surface area contributed by atoms with E-state index in [2.05, 4.69) is 20.2 Å². The first kappa shape index (κ1) is 13.6. The predicted molar refractivity (Wildman–Crippen MR) is 82.1 cm³/mol. The Hall–Kier alpha value is -3.09. The summed E-state index contributed by atoms with van der Waals surface area (Å²) in [6, 6.07) is 4.78. The molecular formula is C16H10F2N4O. The maximum absolute atomic E-state index is 13.6. The number of halogens is 2. The van der Waals surface area contributed by atoms with E-state index >= 15 is 0 Å². The lowest BCUT2D eigenvalue weighted by Gasteiger charge is -2.07. The average Bonchev–Trinajstić information content (AvgIpc) is 2.87. The highest BCUT2D eigenvalue weighted by atomic mass is 19.1. The third kappa shape index (κ3) is 2.01. The van der Waals surface area contributed by atoms with E-state index in [1.807, 2.05) is 6.92 Å². The van der Waals surface area contributed by atoms with E-state index in [1.165, 1.54) is 6.20 Å². The van der Waals surface area contributed by atoms with E-state index in [9.17, 15) is 13.6 Å². The topological polar surface area (TPSA) is 74.4 Å². The molecule has 4 aromatic rings. The Balaban J connectivity index is 2.23. The van der Waals surface area contributed by atoms with Crippen molar-refractivity contribution in [1.29, 1.82) is 0 Å². The zero-order chi connectivity index (χ0) is 16.1. The number of nitrogens with one attached hydrogen (secondary N) is 2. The largest absolute Gasteiger partial charge is 0.328 e. The quantitative estimate of drug-likeness (QED) is 0.567. The van der Waals surface area contributed by atoms with Crippen molar-refractivity contribution >= 4 is 21.8 Å². The summed E-state index contributed by atoms with van der Waals surface area (Å²) in [5, 5.41) is 8.53. The van der Waals surface area contributed by atoms with Gasteiger partial charge in [0.2, 0.25) is 0 Å². The zero-order valence-corrected chi connectivity index (χ0v) is 11.9. The minimum absolute atomic E-state index is 0.187. The fourth-order valence-electron chi connectivity index (χ4n) is 2.80. The second-order valence-electron chi connectivity index (χ2n) is 5.26. The summed E-state index contributed by atoms with van der Waals surface area (Å²) in [5.74, 6) is -1.47. The monoisotopic (exact) mass is 312 g/mol. The van der Waals surface area contributed by atoms with Gasteiger partial charge in [-0.1, -0.05) is 0 Å². The fourth-order valence-corrected chi connectivity index (χ4v) is 2.80. The summed E-state index contributed by atoms with van der Waals surface area (Å²) >= 11 is 0. The smallest absolute Gasteiger partial charge is 0.258 e. The van der Waals surface area contributed by atoms with Crippen molar-refractivity contribution < 1.29 is 8.78 Å². The molecule has 114 valence electrons. The van der Waals surface area contributed by atoms with Gasteiger partial charge in [-0.3, -0.25) is 9.89 Å². The SMILES string of the molecule is Cc1[nH]nc2nc(-c3cc(F)cc(F)c3)c3c(=O)[nH]ccc3c12. The van der Waals surface area contributed by atoms with Gasteiger partial charge >= 0.3 is 0 Å². The standard InChI is InChI=1S/C16H10F2N4O/c1-7-12-11-2-3-19-16(23)13(11)14(20-15(12)22-21-7)8-4-9(17)6-10(18)5-8/h2-6H,1H3,(H,19,23)(H,20,21,22). The lowest BCUT2D eigenvalue weighted by molar-refractivity contribution is 0.584. The molecule has 0 unspecified atom stereocenters. The van der Waals surface area contributed by atoms with Gasteiger partial charge in [-0.15, -0.1) is 0 Å². The highest BCUT2D eigenvalue weighted by Gasteiger charge is 2.17. The number of aryl methyl sites for hydroxylation is 1. The fraction of sp³-hybridized carbons (Fsp3) is 0.0625.